The number of aliphatic carboxylic acids is 1. The van der Waals surface area contributed by atoms with Crippen LogP contribution >= 0.6 is 0 Å². The van der Waals surface area contributed by atoms with E-state index in [1.54, 1.807) is 0 Å². The van der Waals surface area contributed by atoms with Gasteiger partial charge in [0.25, 0.3) is 5.91 Å². The summed E-state index contributed by atoms with van der Waals surface area (Å²) in [7, 11) is 1.52. The van der Waals surface area contributed by atoms with Crippen molar-refractivity contribution < 1.29 is 24.5 Å². The second-order valence-electron chi connectivity index (χ2n) is 12.0. The average molecular weight is 540 g/mol. The molecule has 0 fully saturated rings. The smallest absolute Gasteiger partial charge is 0.326 e. The largest absolute Gasteiger partial charge is 0.487 e. The van der Waals surface area contributed by atoms with Crippen LogP contribution in [0.25, 0.3) is 0 Å². The Morgan fingerprint density at radius 2 is 1.41 bits per heavy atom. The van der Waals surface area contributed by atoms with Crippen molar-refractivity contribution in [1.29, 1.82) is 0 Å². The molecule has 0 aliphatic rings. The van der Waals surface area contributed by atoms with Crippen molar-refractivity contribution in [3.8, 4) is 5.75 Å². The lowest BCUT2D eigenvalue weighted by atomic mass is 9.69. The molecule has 1 amide bonds. The molecule has 2 rings (SSSR count). The minimum Gasteiger partial charge on any atom is -0.487 e. The number of aryl methyl sites for hydroxylation is 2. The Labute approximate surface area is 235 Å². The first-order chi connectivity index (χ1) is 18.0. The lowest BCUT2D eigenvalue weighted by molar-refractivity contribution is -0.141. The van der Waals surface area contributed by atoms with Gasteiger partial charge in [0.05, 0.1) is 0 Å². The number of carbonyl (C=O) groups excluding carboxylic acids is 1. The number of benzene rings is 2. The van der Waals surface area contributed by atoms with Crippen LogP contribution in [0, 0.1) is 19.3 Å². The van der Waals surface area contributed by atoms with E-state index in [0.29, 0.717) is 12.0 Å². The average Bonchev–Trinajstić information content (AvgIpc) is 2.88. The van der Waals surface area contributed by atoms with E-state index >= 15 is 0 Å². The van der Waals surface area contributed by atoms with Crippen molar-refractivity contribution in [2.24, 2.45) is 5.41 Å². The Balaban J connectivity index is 2.47. The van der Waals surface area contributed by atoms with Crippen LogP contribution < -0.4 is 4.74 Å². The molecule has 216 valence electrons. The summed E-state index contributed by atoms with van der Waals surface area (Å²) >= 11 is 0. The molecule has 0 aliphatic heterocycles. The molecule has 0 spiro atoms. The number of likely N-dealkylation sites (N-methyl/N-ethyl adjacent to an activating group) is 1. The van der Waals surface area contributed by atoms with Crippen LogP contribution in [0.4, 0.5) is 0 Å². The van der Waals surface area contributed by atoms with Crippen molar-refractivity contribution in [3.05, 3.63) is 64.2 Å². The third-order valence-corrected chi connectivity index (χ3v) is 9.02. The molecule has 0 bridgehead atoms. The van der Waals surface area contributed by atoms with E-state index in [1.165, 1.54) is 24.4 Å². The molecule has 0 aliphatic carbocycles. The zero-order valence-corrected chi connectivity index (χ0v) is 25.8. The number of rotatable bonds is 11. The van der Waals surface area contributed by atoms with Gasteiger partial charge >= 0.3 is 5.97 Å². The van der Waals surface area contributed by atoms with Gasteiger partial charge in [0.15, 0.2) is 0 Å². The molecular weight excluding hydrogens is 490 g/mol. The Morgan fingerprint density at radius 1 is 0.897 bits per heavy atom. The van der Waals surface area contributed by atoms with E-state index in [1.807, 2.05) is 66.7 Å². The Hall–Kier alpha value is -2.86. The predicted octanol–water partition coefficient (Wildman–Crippen LogP) is 6.91. The first-order valence-corrected chi connectivity index (χ1v) is 14.1. The van der Waals surface area contributed by atoms with Crippen LogP contribution in [0.15, 0.2) is 36.4 Å². The van der Waals surface area contributed by atoms with Crippen molar-refractivity contribution >= 4 is 11.9 Å². The van der Waals surface area contributed by atoms with Crippen LogP contribution in [0.1, 0.15) is 107 Å². The lowest BCUT2D eigenvalue weighted by Crippen LogP contribution is -2.53. The van der Waals surface area contributed by atoms with Gasteiger partial charge in [0.1, 0.15) is 23.5 Å². The maximum absolute atomic E-state index is 13.0. The van der Waals surface area contributed by atoms with Crippen LogP contribution in [0.5, 0.6) is 5.75 Å². The fraction of sp³-hybridized carbons (Fsp3) is 0.576. The highest BCUT2D eigenvalue weighted by Gasteiger charge is 2.45. The highest BCUT2D eigenvalue weighted by atomic mass is 16.5. The van der Waals surface area contributed by atoms with Crippen molar-refractivity contribution in [2.45, 2.75) is 112 Å². The summed E-state index contributed by atoms with van der Waals surface area (Å²) in [5.74, 6) is -0.580. The fourth-order valence-electron chi connectivity index (χ4n) is 5.76. The van der Waals surface area contributed by atoms with Gasteiger partial charge in [-0.3, -0.25) is 4.79 Å². The number of carboxylic acid groups (broad SMARTS) is 1. The predicted molar refractivity (Wildman–Crippen MR) is 158 cm³/mol. The van der Waals surface area contributed by atoms with Gasteiger partial charge in [0.2, 0.25) is 0 Å². The monoisotopic (exact) mass is 539 g/mol. The summed E-state index contributed by atoms with van der Waals surface area (Å²) in [6, 6.07) is 11.3. The molecule has 2 aromatic rings. The number of aliphatic hydroxyl groups is 1. The fourth-order valence-corrected chi connectivity index (χ4v) is 5.76. The molecule has 0 aromatic heterocycles. The van der Waals surface area contributed by atoms with Gasteiger partial charge in [-0.1, -0.05) is 65.8 Å². The summed E-state index contributed by atoms with van der Waals surface area (Å²) < 4.78 is 6.35. The van der Waals surface area contributed by atoms with Gasteiger partial charge in [-0.25, -0.2) is 4.79 Å². The van der Waals surface area contributed by atoms with Crippen LogP contribution in [-0.2, 0) is 10.2 Å². The Kier molecular flexibility index (Phi) is 10.1. The highest BCUT2D eigenvalue weighted by Crippen LogP contribution is 2.42. The summed E-state index contributed by atoms with van der Waals surface area (Å²) in [6.45, 7) is 19.8. The first kappa shape index (κ1) is 32.4. The number of hydrogen-bond donors (Lipinski definition) is 2. The van der Waals surface area contributed by atoms with Gasteiger partial charge in [0, 0.05) is 18.0 Å². The third kappa shape index (κ3) is 6.16. The number of amides is 1. The molecule has 0 saturated carbocycles. The zero-order chi connectivity index (χ0) is 29.9. The van der Waals surface area contributed by atoms with Crippen molar-refractivity contribution in [1.82, 2.24) is 4.90 Å². The van der Waals surface area contributed by atoms with E-state index in [0.717, 1.165) is 35.3 Å². The molecule has 0 heterocycles. The van der Waals surface area contributed by atoms with Crippen LogP contribution in [0.2, 0.25) is 0 Å². The Morgan fingerprint density at radius 3 is 1.82 bits per heavy atom. The molecule has 2 aromatic carbocycles. The normalized spacial score (nSPS) is 15.3. The van der Waals surface area contributed by atoms with E-state index < -0.39 is 17.6 Å². The third-order valence-electron chi connectivity index (χ3n) is 9.02. The topological polar surface area (TPSA) is 87.1 Å². The molecule has 3 atom stereocenters. The molecule has 0 radical (unpaired) electrons. The zero-order valence-electron chi connectivity index (χ0n) is 25.8. The Bertz CT molecular complexity index is 1180. The molecule has 39 heavy (non-hydrogen) atoms. The van der Waals surface area contributed by atoms with Gasteiger partial charge < -0.3 is 19.8 Å². The lowest BCUT2D eigenvalue weighted by Gasteiger charge is -2.44. The molecule has 2 N–H and O–H groups in total. The molecule has 3 unspecified atom stereocenters. The quantitative estimate of drug-likeness (QED) is 0.324. The van der Waals surface area contributed by atoms with E-state index in [9.17, 15) is 19.8 Å². The van der Waals surface area contributed by atoms with Crippen LogP contribution in [0.3, 0.4) is 0 Å². The maximum atomic E-state index is 13.0. The van der Waals surface area contributed by atoms with Crippen molar-refractivity contribution in [3.63, 3.8) is 0 Å². The van der Waals surface area contributed by atoms with E-state index in [4.69, 9.17) is 4.74 Å². The molecular formula is C33H49NO5. The van der Waals surface area contributed by atoms with Crippen molar-refractivity contribution in [2.75, 3.05) is 7.05 Å². The number of nitrogens with zero attached hydrogens (tertiary/aromatic N) is 1. The summed E-state index contributed by atoms with van der Waals surface area (Å²) in [6.07, 6.45) is 1.93. The molecule has 0 saturated heterocycles. The van der Waals surface area contributed by atoms with Gasteiger partial charge in [-0.15, -0.1) is 0 Å². The number of hydrogen-bond acceptors (Lipinski definition) is 4. The summed E-state index contributed by atoms with van der Waals surface area (Å²) in [4.78, 5) is 25.7. The minimum atomic E-state index is -1.04. The summed E-state index contributed by atoms with van der Waals surface area (Å²) in [5.41, 5.74) is 3.04. The first-order valence-electron chi connectivity index (χ1n) is 14.1. The van der Waals surface area contributed by atoms with Gasteiger partial charge in [-0.05, 0) is 86.8 Å². The summed E-state index contributed by atoms with van der Waals surface area (Å²) in [5, 5.41) is 20.7. The number of ether oxygens (including phenoxy) is 1. The highest BCUT2D eigenvalue weighted by molar-refractivity contribution is 5.97. The minimum absolute atomic E-state index is 0.267. The molecule has 6 heteroatoms. The standard InChI is InChI=1S/C33H49NO5/c1-12-32(13-2,25-15-17-27(21(4)19-25)29(35)34(11)23(6)30(36)37)26-16-18-28(22(5)20-26)39-24(7)33(38,14-3)31(8,9)10/h15-20,23-24,38H,12-14H2,1-11H3,(H,36,37). The number of carboxylic acids is 1. The van der Waals surface area contributed by atoms with Crippen LogP contribution in [-0.4, -0.2) is 51.8 Å². The number of carbonyl (C=O) groups is 2. The second-order valence-corrected chi connectivity index (χ2v) is 12.0. The molecule has 6 nitrogen and oxygen atoms in total. The van der Waals surface area contributed by atoms with E-state index in [-0.39, 0.29) is 22.8 Å². The SMILES string of the molecule is CCC(CC)(c1ccc(OC(C)C(O)(CC)C(C)(C)C)c(C)c1)c1ccc(C(=O)N(C)C(C)C(=O)O)c(C)c1. The van der Waals surface area contributed by atoms with E-state index in [2.05, 4.69) is 32.0 Å². The van der Waals surface area contributed by atoms with Gasteiger partial charge in [-0.2, -0.15) is 0 Å². The second kappa shape index (κ2) is 12.1. The maximum Gasteiger partial charge on any atom is 0.326 e.